The number of rotatable bonds is 1. The zero-order chi connectivity index (χ0) is 13.5. The minimum absolute atomic E-state index is 0.252. The molecule has 96 valence electrons. The number of aromatic nitrogens is 2. The number of aryl methyl sites for hydroxylation is 2. The summed E-state index contributed by atoms with van der Waals surface area (Å²) in [6.45, 7) is 3.38. The summed E-state index contributed by atoms with van der Waals surface area (Å²) in [5, 5.41) is 0. The second-order valence-corrected chi connectivity index (χ2v) is 4.11. The van der Waals surface area contributed by atoms with Crippen LogP contribution in [0, 0.1) is 13.8 Å². The van der Waals surface area contributed by atoms with Gasteiger partial charge in [0.05, 0.1) is 17.0 Å². The summed E-state index contributed by atoms with van der Waals surface area (Å²) in [6, 6.07) is 3.60. The van der Waals surface area contributed by atoms with Crippen molar-refractivity contribution < 1.29 is 13.2 Å². The molecule has 0 radical (unpaired) electrons. The van der Waals surface area contributed by atoms with E-state index in [0.717, 1.165) is 12.1 Å². The van der Waals surface area contributed by atoms with Gasteiger partial charge in [-0.25, -0.2) is 4.98 Å². The van der Waals surface area contributed by atoms with E-state index in [4.69, 9.17) is 5.73 Å². The number of hydrogen-bond acceptors (Lipinski definition) is 2. The van der Waals surface area contributed by atoms with Crippen molar-refractivity contribution in [2.24, 2.45) is 0 Å². The fourth-order valence-electron chi connectivity index (χ4n) is 1.87. The van der Waals surface area contributed by atoms with Crippen molar-refractivity contribution in [1.29, 1.82) is 0 Å². The van der Waals surface area contributed by atoms with Crippen LogP contribution in [0.3, 0.4) is 0 Å². The van der Waals surface area contributed by atoms with E-state index in [0.29, 0.717) is 22.5 Å². The monoisotopic (exact) mass is 255 g/mol. The van der Waals surface area contributed by atoms with Crippen LogP contribution in [0.5, 0.6) is 0 Å². The van der Waals surface area contributed by atoms with Gasteiger partial charge in [-0.2, -0.15) is 13.2 Å². The van der Waals surface area contributed by atoms with Gasteiger partial charge < -0.3 is 10.7 Å². The quantitative estimate of drug-likeness (QED) is 0.821. The highest BCUT2D eigenvalue weighted by Gasteiger charge is 2.30. The molecule has 0 aliphatic carbocycles. The van der Waals surface area contributed by atoms with Crippen LogP contribution in [-0.2, 0) is 6.18 Å². The Morgan fingerprint density at radius 3 is 2.33 bits per heavy atom. The Morgan fingerprint density at radius 2 is 1.89 bits per heavy atom. The van der Waals surface area contributed by atoms with Gasteiger partial charge in [-0.3, -0.25) is 0 Å². The van der Waals surface area contributed by atoms with Gasteiger partial charge in [0, 0.05) is 5.56 Å². The lowest BCUT2D eigenvalue weighted by Gasteiger charge is -2.10. The summed E-state index contributed by atoms with van der Waals surface area (Å²) in [5.41, 5.74) is 7.37. The number of aromatic amines is 1. The minimum atomic E-state index is -4.33. The number of imidazole rings is 1. The Bertz CT molecular complexity index is 585. The van der Waals surface area contributed by atoms with Gasteiger partial charge in [-0.1, -0.05) is 6.07 Å². The Labute approximate surface area is 102 Å². The van der Waals surface area contributed by atoms with E-state index < -0.39 is 11.7 Å². The Hall–Kier alpha value is -1.98. The molecule has 0 spiro atoms. The maximum atomic E-state index is 12.5. The predicted octanol–water partition coefficient (Wildman–Crippen LogP) is 3.29. The molecule has 3 nitrogen and oxygen atoms in total. The second kappa shape index (κ2) is 4.04. The number of nitrogens with two attached hydrogens (primary N) is 1. The van der Waals surface area contributed by atoms with E-state index in [1.807, 2.05) is 0 Å². The summed E-state index contributed by atoms with van der Waals surface area (Å²) in [6.07, 6.45) is -4.33. The average molecular weight is 255 g/mol. The number of nitrogens with one attached hydrogen (secondary N) is 1. The highest BCUT2D eigenvalue weighted by atomic mass is 19.4. The van der Waals surface area contributed by atoms with E-state index in [1.54, 1.807) is 13.8 Å². The van der Waals surface area contributed by atoms with Crippen LogP contribution in [0.1, 0.15) is 16.8 Å². The van der Waals surface area contributed by atoms with Gasteiger partial charge in [0.1, 0.15) is 0 Å². The molecule has 1 aromatic heterocycles. The van der Waals surface area contributed by atoms with Crippen molar-refractivity contribution in [2.45, 2.75) is 20.0 Å². The van der Waals surface area contributed by atoms with E-state index in [1.165, 1.54) is 6.07 Å². The van der Waals surface area contributed by atoms with E-state index >= 15 is 0 Å². The zero-order valence-electron chi connectivity index (χ0n) is 9.89. The minimum Gasteiger partial charge on any atom is -0.369 e. The number of benzene rings is 1. The third-order valence-corrected chi connectivity index (χ3v) is 2.73. The Morgan fingerprint density at radius 1 is 1.22 bits per heavy atom. The molecule has 0 amide bonds. The first-order valence-electron chi connectivity index (χ1n) is 5.29. The van der Waals surface area contributed by atoms with Crippen LogP contribution in [0.2, 0.25) is 0 Å². The van der Waals surface area contributed by atoms with Gasteiger partial charge >= 0.3 is 6.18 Å². The van der Waals surface area contributed by atoms with Gasteiger partial charge in [0.2, 0.25) is 0 Å². The van der Waals surface area contributed by atoms with Crippen LogP contribution in [-0.4, -0.2) is 9.97 Å². The van der Waals surface area contributed by atoms with Crippen molar-refractivity contribution in [3.8, 4) is 11.3 Å². The maximum absolute atomic E-state index is 12.5. The molecule has 2 aromatic rings. The maximum Gasteiger partial charge on any atom is 0.416 e. The average Bonchev–Trinajstić information content (AvgIpc) is 2.56. The number of anilines is 1. The van der Waals surface area contributed by atoms with Crippen molar-refractivity contribution in [3.05, 3.63) is 35.0 Å². The molecule has 18 heavy (non-hydrogen) atoms. The molecule has 3 N–H and O–H groups in total. The second-order valence-electron chi connectivity index (χ2n) is 4.11. The number of nitrogen functional groups attached to an aromatic ring is 1. The Balaban J connectivity index is 2.51. The van der Waals surface area contributed by atoms with Crippen LogP contribution in [0.25, 0.3) is 11.3 Å². The highest BCUT2D eigenvalue weighted by molar-refractivity contribution is 5.67. The summed E-state index contributed by atoms with van der Waals surface area (Å²) >= 11 is 0. The van der Waals surface area contributed by atoms with E-state index in [9.17, 15) is 13.2 Å². The molecule has 0 saturated heterocycles. The number of halogens is 3. The molecule has 0 aliphatic heterocycles. The number of alkyl halides is 3. The summed E-state index contributed by atoms with van der Waals surface area (Å²) in [4.78, 5) is 6.84. The largest absolute Gasteiger partial charge is 0.416 e. The first-order chi connectivity index (χ1) is 8.29. The van der Waals surface area contributed by atoms with Crippen molar-refractivity contribution in [1.82, 2.24) is 9.97 Å². The normalized spacial score (nSPS) is 11.8. The lowest BCUT2D eigenvalue weighted by Crippen LogP contribution is -2.05. The predicted molar refractivity (Wildman–Crippen MR) is 62.9 cm³/mol. The van der Waals surface area contributed by atoms with E-state index in [2.05, 4.69) is 9.97 Å². The number of nitrogens with zero attached hydrogens (tertiary/aromatic N) is 1. The first kappa shape index (κ1) is 12.5. The van der Waals surface area contributed by atoms with Gasteiger partial charge in [-0.05, 0) is 31.5 Å². The third-order valence-electron chi connectivity index (χ3n) is 2.73. The van der Waals surface area contributed by atoms with Crippen molar-refractivity contribution >= 4 is 5.95 Å². The SMILES string of the molecule is Cc1cc(C(F)(F)F)ccc1-c1[nH]c(N)nc1C. The van der Waals surface area contributed by atoms with Crippen LogP contribution in [0.4, 0.5) is 19.1 Å². The lowest BCUT2D eigenvalue weighted by atomic mass is 10.0. The highest BCUT2D eigenvalue weighted by Crippen LogP contribution is 2.33. The molecular weight excluding hydrogens is 243 g/mol. The fourth-order valence-corrected chi connectivity index (χ4v) is 1.87. The van der Waals surface area contributed by atoms with Crippen LogP contribution >= 0.6 is 0 Å². The van der Waals surface area contributed by atoms with E-state index in [-0.39, 0.29) is 5.95 Å². The molecule has 2 rings (SSSR count). The third kappa shape index (κ3) is 2.18. The summed E-state index contributed by atoms with van der Waals surface area (Å²) in [5.74, 6) is 0.252. The summed E-state index contributed by atoms with van der Waals surface area (Å²) in [7, 11) is 0. The van der Waals surface area contributed by atoms with Gasteiger partial charge in [-0.15, -0.1) is 0 Å². The van der Waals surface area contributed by atoms with Crippen LogP contribution < -0.4 is 5.73 Å². The number of H-pyrrole nitrogens is 1. The fraction of sp³-hybridized carbons (Fsp3) is 0.250. The molecule has 0 saturated carbocycles. The molecule has 6 heteroatoms. The number of hydrogen-bond donors (Lipinski definition) is 2. The molecule has 1 aromatic carbocycles. The van der Waals surface area contributed by atoms with Gasteiger partial charge in [0.15, 0.2) is 5.95 Å². The molecule has 0 bridgehead atoms. The molecule has 1 heterocycles. The standard InChI is InChI=1S/C12H12F3N3/c1-6-5-8(12(13,14)15)3-4-9(6)10-7(2)17-11(16)18-10/h3-5H,1-2H3,(H3,16,17,18). The topological polar surface area (TPSA) is 54.7 Å². The van der Waals surface area contributed by atoms with Crippen molar-refractivity contribution in [2.75, 3.05) is 5.73 Å². The molecule has 0 fully saturated rings. The molecule has 0 atom stereocenters. The molecular formula is C12H12F3N3. The zero-order valence-corrected chi connectivity index (χ0v) is 9.89. The molecule has 0 unspecified atom stereocenters. The van der Waals surface area contributed by atoms with Crippen molar-refractivity contribution in [3.63, 3.8) is 0 Å². The first-order valence-corrected chi connectivity index (χ1v) is 5.29. The molecule has 0 aliphatic rings. The lowest BCUT2D eigenvalue weighted by molar-refractivity contribution is -0.137. The van der Waals surface area contributed by atoms with Gasteiger partial charge in [0.25, 0.3) is 0 Å². The smallest absolute Gasteiger partial charge is 0.369 e. The summed E-state index contributed by atoms with van der Waals surface area (Å²) < 4.78 is 37.6. The Kier molecular flexibility index (Phi) is 2.80. The van der Waals surface area contributed by atoms with Crippen LogP contribution in [0.15, 0.2) is 18.2 Å².